The van der Waals surface area contributed by atoms with Crippen molar-refractivity contribution in [3.05, 3.63) is 34.9 Å². The maximum absolute atomic E-state index is 12.6. The van der Waals surface area contributed by atoms with Crippen LogP contribution in [-0.2, 0) is 0 Å². The number of imide groups is 1. The fourth-order valence-electron chi connectivity index (χ4n) is 3.44. The highest BCUT2D eigenvalue weighted by Gasteiger charge is 2.35. The van der Waals surface area contributed by atoms with Crippen LogP contribution in [0.4, 0.5) is 0 Å². The Hall–Kier alpha value is -1.92. The average Bonchev–Trinajstić information content (AvgIpc) is 2.85. The minimum absolute atomic E-state index is 0. The van der Waals surface area contributed by atoms with Crippen molar-refractivity contribution in [2.75, 3.05) is 13.1 Å². The summed E-state index contributed by atoms with van der Waals surface area (Å²) in [7, 11) is 0. The number of hydrogen-bond acceptors (Lipinski definition) is 4. The standard InChI is InChI=1S/C19H25N3O3.ClH/c1-3-4-10-22-18(24)14-8-7-13(11-15(14)19(22)25)17(23)21-16-6-5-9-20-12(16)2;/h7-8,11-12,16,20H,3-6,9-10H2,1-2H3,(H,21,23);1H. The van der Waals surface area contributed by atoms with Crippen molar-refractivity contribution < 1.29 is 14.4 Å². The molecule has 0 bridgehead atoms. The summed E-state index contributed by atoms with van der Waals surface area (Å²) < 4.78 is 0. The molecule has 26 heavy (non-hydrogen) atoms. The lowest BCUT2D eigenvalue weighted by atomic mass is 9.99. The van der Waals surface area contributed by atoms with E-state index in [9.17, 15) is 14.4 Å². The molecule has 0 aliphatic carbocycles. The normalized spacial score (nSPS) is 22.0. The van der Waals surface area contributed by atoms with Crippen molar-refractivity contribution in [1.29, 1.82) is 0 Å². The molecule has 2 heterocycles. The van der Waals surface area contributed by atoms with Gasteiger partial charge in [-0.3, -0.25) is 19.3 Å². The van der Waals surface area contributed by atoms with Crippen molar-refractivity contribution >= 4 is 30.1 Å². The number of halogens is 1. The molecule has 142 valence electrons. The van der Waals surface area contributed by atoms with Gasteiger partial charge in [0, 0.05) is 24.2 Å². The molecule has 2 aliphatic rings. The van der Waals surface area contributed by atoms with Crippen LogP contribution in [0.25, 0.3) is 0 Å². The number of hydrogen-bond donors (Lipinski definition) is 2. The van der Waals surface area contributed by atoms with E-state index in [0.29, 0.717) is 23.2 Å². The molecule has 0 spiro atoms. The molecule has 1 aromatic rings. The molecule has 0 aromatic heterocycles. The second-order valence-corrected chi connectivity index (χ2v) is 6.84. The fraction of sp³-hybridized carbons (Fsp3) is 0.526. The first-order valence-corrected chi connectivity index (χ1v) is 9.07. The van der Waals surface area contributed by atoms with Crippen molar-refractivity contribution in [3.8, 4) is 0 Å². The van der Waals surface area contributed by atoms with E-state index in [2.05, 4.69) is 17.6 Å². The number of fused-ring (bicyclic) bond motifs is 1. The predicted octanol–water partition coefficient (Wildman–Crippen LogP) is 2.37. The molecule has 7 heteroatoms. The van der Waals surface area contributed by atoms with Crippen LogP contribution in [0.1, 0.15) is 70.6 Å². The predicted molar refractivity (Wildman–Crippen MR) is 102 cm³/mol. The summed E-state index contributed by atoms with van der Waals surface area (Å²) in [5.74, 6) is -0.753. The van der Waals surface area contributed by atoms with Gasteiger partial charge < -0.3 is 10.6 Å². The molecular formula is C19H26ClN3O3. The smallest absolute Gasteiger partial charge is 0.261 e. The van der Waals surface area contributed by atoms with E-state index >= 15 is 0 Å². The van der Waals surface area contributed by atoms with E-state index in [-0.39, 0.29) is 42.2 Å². The van der Waals surface area contributed by atoms with E-state index < -0.39 is 0 Å². The van der Waals surface area contributed by atoms with Gasteiger partial charge in [0.05, 0.1) is 11.1 Å². The molecule has 0 radical (unpaired) electrons. The lowest BCUT2D eigenvalue weighted by molar-refractivity contribution is 0.0652. The van der Waals surface area contributed by atoms with Crippen molar-refractivity contribution in [2.45, 2.75) is 51.6 Å². The number of carbonyl (C=O) groups is 3. The highest BCUT2D eigenvalue weighted by Crippen LogP contribution is 2.24. The maximum Gasteiger partial charge on any atom is 0.261 e. The molecule has 2 atom stereocenters. The van der Waals surface area contributed by atoms with Crippen molar-refractivity contribution in [3.63, 3.8) is 0 Å². The number of amides is 3. The van der Waals surface area contributed by atoms with Crippen LogP contribution in [0.15, 0.2) is 18.2 Å². The third kappa shape index (κ3) is 3.91. The second-order valence-electron chi connectivity index (χ2n) is 6.84. The minimum Gasteiger partial charge on any atom is -0.348 e. The van der Waals surface area contributed by atoms with Gasteiger partial charge in [0.1, 0.15) is 0 Å². The number of carbonyl (C=O) groups excluding carboxylic acids is 3. The molecule has 2 aliphatic heterocycles. The summed E-state index contributed by atoms with van der Waals surface area (Å²) in [6.07, 6.45) is 3.66. The highest BCUT2D eigenvalue weighted by molar-refractivity contribution is 6.22. The van der Waals surface area contributed by atoms with Gasteiger partial charge in [-0.1, -0.05) is 13.3 Å². The largest absolute Gasteiger partial charge is 0.348 e. The SMILES string of the molecule is CCCCN1C(=O)c2ccc(C(=O)NC3CCCNC3C)cc2C1=O.Cl. The van der Waals surface area contributed by atoms with Crippen LogP contribution in [0, 0.1) is 0 Å². The van der Waals surface area contributed by atoms with Crippen molar-refractivity contribution in [2.24, 2.45) is 0 Å². The summed E-state index contributed by atoms with van der Waals surface area (Å²) >= 11 is 0. The molecule has 1 fully saturated rings. The Balaban J connectivity index is 0.00000243. The van der Waals surface area contributed by atoms with Crippen LogP contribution in [0.5, 0.6) is 0 Å². The Morgan fingerprint density at radius 3 is 2.69 bits per heavy atom. The summed E-state index contributed by atoms with van der Waals surface area (Å²) in [6, 6.07) is 5.08. The number of nitrogens with zero attached hydrogens (tertiary/aromatic N) is 1. The topological polar surface area (TPSA) is 78.5 Å². The first-order valence-electron chi connectivity index (χ1n) is 9.07. The van der Waals surface area contributed by atoms with Gasteiger partial charge in [0.15, 0.2) is 0 Å². The molecule has 1 aromatic carbocycles. The Bertz CT molecular complexity index is 707. The first-order chi connectivity index (χ1) is 12.0. The number of benzene rings is 1. The van der Waals surface area contributed by atoms with Crippen molar-refractivity contribution in [1.82, 2.24) is 15.5 Å². The Kier molecular flexibility index (Phi) is 6.78. The van der Waals surface area contributed by atoms with E-state index in [0.717, 1.165) is 32.2 Å². The highest BCUT2D eigenvalue weighted by atomic mass is 35.5. The average molecular weight is 380 g/mol. The fourth-order valence-corrected chi connectivity index (χ4v) is 3.44. The summed E-state index contributed by atoms with van der Waals surface area (Å²) in [5, 5.41) is 6.38. The van der Waals surface area contributed by atoms with E-state index in [4.69, 9.17) is 0 Å². The lowest BCUT2D eigenvalue weighted by Crippen LogP contribution is -2.51. The van der Waals surface area contributed by atoms with E-state index in [1.807, 2.05) is 6.92 Å². The van der Waals surface area contributed by atoms with Gasteiger partial charge in [0.25, 0.3) is 17.7 Å². The molecular weight excluding hydrogens is 354 g/mol. The Morgan fingerprint density at radius 1 is 1.27 bits per heavy atom. The summed E-state index contributed by atoms with van der Waals surface area (Å²) in [6.45, 7) is 5.47. The first kappa shape index (κ1) is 20.4. The quantitative estimate of drug-likeness (QED) is 0.770. The van der Waals surface area contributed by atoms with Gasteiger partial charge in [-0.15, -0.1) is 12.4 Å². The molecule has 2 unspecified atom stereocenters. The number of nitrogens with one attached hydrogen (secondary N) is 2. The number of rotatable bonds is 5. The maximum atomic E-state index is 12.6. The number of unbranched alkanes of at least 4 members (excludes halogenated alkanes) is 1. The van der Waals surface area contributed by atoms with Crippen LogP contribution < -0.4 is 10.6 Å². The zero-order valence-electron chi connectivity index (χ0n) is 15.2. The van der Waals surface area contributed by atoms with Crippen LogP contribution in [0.3, 0.4) is 0 Å². The van der Waals surface area contributed by atoms with E-state index in [1.165, 1.54) is 4.90 Å². The van der Waals surface area contributed by atoms with Gasteiger partial charge >= 0.3 is 0 Å². The molecule has 0 saturated carbocycles. The lowest BCUT2D eigenvalue weighted by Gasteiger charge is -2.30. The zero-order chi connectivity index (χ0) is 18.0. The molecule has 3 rings (SSSR count). The second kappa shape index (κ2) is 8.64. The Morgan fingerprint density at radius 2 is 2.00 bits per heavy atom. The van der Waals surface area contributed by atoms with Gasteiger partial charge in [-0.2, -0.15) is 0 Å². The summed E-state index contributed by atoms with van der Waals surface area (Å²) in [5.41, 5.74) is 1.16. The molecule has 3 amide bonds. The monoisotopic (exact) mass is 379 g/mol. The third-order valence-electron chi connectivity index (χ3n) is 5.05. The minimum atomic E-state index is -0.296. The third-order valence-corrected chi connectivity index (χ3v) is 5.05. The van der Waals surface area contributed by atoms with Gasteiger partial charge in [-0.05, 0) is 50.9 Å². The molecule has 6 nitrogen and oxygen atoms in total. The Labute approximate surface area is 160 Å². The zero-order valence-corrected chi connectivity index (χ0v) is 16.0. The van der Waals surface area contributed by atoms with Crippen LogP contribution >= 0.6 is 12.4 Å². The van der Waals surface area contributed by atoms with E-state index in [1.54, 1.807) is 18.2 Å². The molecule has 2 N–H and O–H groups in total. The summed E-state index contributed by atoms with van der Waals surface area (Å²) in [4.78, 5) is 38.7. The molecule has 1 saturated heterocycles. The van der Waals surface area contributed by atoms with Gasteiger partial charge in [0.2, 0.25) is 0 Å². The number of piperidine rings is 1. The van der Waals surface area contributed by atoms with Gasteiger partial charge in [-0.25, -0.2) is 0 Å². The van der Waals surface area contributed by atoms with Crippen LogP contribution in [0.2, 0.25) is 0 Å². The van der Waals surface area contributed by atoms with Crippen LogP contribution in [-0.4, -0.2) is 47.8 Å².